The number of carboxylic acids is 1. The van der Waals surface area contributed by atoms with Gasteiger partial charge >= 0.3 is 5.97 Å². The lowest BCUT2D eigenvalue weighted by atomic mass is 10.1. The van der Waals surface area contributed by atoms with Crippen molar-refractivity contribution in [1.82, 2.24) is 0 Å². The van der Waals surface area contributed by atoms with E-state index in [4.69, 9.17) is 21.4 Å². The van der Waals surface area contributed by atoms with E-state index in [9.17, 15) is 9.90 Å². The molecule has 0 aliphatic heterocycles. The fourth-order valence-electron chi connectivity index (χ4n) is 1.09. The second-order valence-electron chi connectivity index (χ2n) is 2.60. The number of para-hydroxylation sites is 1. The van der Waals surface area contributed by atoms with E-state index in [2.05, 4.69) is 0 Å². The molecule has 0 radical (unpaired) electrons. The molecule has 0 saturated heterocycles. The smallest absolute Gasteiger partial charge is 0.337 e. The van der Waals surface area contributed by atoms with Crippen molar-refractivity contribution < 1.29 is 19.7 Å². The van der Waals surface area contributed by atoms with E-state index < -0.39 is 12.1 Å². The van der Waals surface area contributed by atoms with Crippen molar-refractivity contribution in [2.75, 3.05) is 7.11 Å². The van der Waals surface area contributed by atoms with Gasteiger partial charge in [-0.15, -0.1) is 0 Å². The summed E-state index contributed by atoms with van der Waals surface area (Å²) in [6, 6.07) is 4.55. The first kappa shape index (κ1) is 10.8. The molecule has 76 valence electrons. The summed E-state index contributed by atoms with van der Waals surface area (Å²) in [4.78, 5) is 10.5. The van der Waals surface area contributed by atoms with E-state index >= 15 is 0 Å². The van der Waals surface area contributed by atoms with Gasteiger partial charge in [-0.05, 0) is 6.07 Å². The van der Waals surface area contributed by atoms with Gasteiger partial charge in [0.1, 0.15) is 5.75 Å². The Hall–Kier alpha value is -1.26. The Morgan fingerprint density at radius 3 is 2.71 bits per heavy atom. The van der Waals surface area contributed by atoms with E-state index in [1.807, 2.05) is 0 Å². The van der Waals surface area contributed by atoms with Gasteiger partial charge in [0, 0.05) is 5.56 Å². The Kier molecular flexibility index (Phi) is 3.33. The number of ether oxygens (including phenoxy) is 1. The molecule has 1 unspecified atom stereocenters. The number of halogens is 1. The summed E-state index contributed by atoms with van der Waals surface area (Å²) in [7, 11) is 1.36. The van der Waals surface area contributed by atoms with Gasteiger partial charge in [-0.3, -0.25) is 0 Å². The van der Waals surface area contributed by atoms with Gasteiger partial charge in [0.2, 0.25) is 0 Å². The quantitative estimate of drug-likeness (QED) is 0.803. The topological polar surface area (TPSA) is 66.8 Å². The van der Waals surface area contributed by atoms with Crippen LogP contribution in [0.4, 0.5) is 0 Å². The maximum absolute atomic E-state index is 10.5. The minimum absolute atomic E-state index is 0.146. The second-order valence-corrected chi connectivity index (χ2v) is 3.01. The molecule has 4 nitrogen and oxygen atoms in total. The van der Waals surface area contributed by atoms with Gasteiger partial charge in [0.15, 0.2) is 6.10 Å². The average Bonchev–Trinajstić information content (AvgIpc) is 2.16. The van der Waals surface area contributed by atoms with Crippen LogP contribution in [-0.4, -0.2) is 23.3 Å². The maximum atomic E-state index is 10.5. The molecular weight excluding hydrogens is 208 g/mol. The van der Waals surface area contributed by atoms with E-state index in [-0.39, 0.29) is 16.3 Å². The highest BCUT2D eigenvalue weighted by molar-refractivity contribution is 6.32. The summed E-state index contributed by atoms with van der Waals surface area (Å²) in [5.74, 6) is -1.16. The molecule has 1 aromatic rings. The zero-order valence-corrected chi connectivity index (χ0v) is 8.15. The monoisotopic (exact) mass is 216 g/mol. The number of rotatable bonds is 3. The molecule has 1 rings (SSSR count). The normalized spacial score (nSPS) is 12.2. The number of hydrogen-bond acceptors (Lipinski definition) is 3. The summed E-state index contributed by atoms with van der Waals surface area (Å²) >= 11 is 5.75. The Morgan fingerprint density at radius 1 is 1.57 bits per heavy atom. The van der Waals surface area contributed by atoms with Crippen LogP contribution < -0.4 is 4.74 Å². The third kappa shape index (κ3) is 1.97. The number of carboxylic acid groups (broad SMARTS) is 1. The van der Waals surface area contributed by atoms with Crippen LogP contribution in [0.3, 0.4) is 0 Å². The van der Waals surface area contributed by atoms with Crippen LogP contribution in [0, 0.1) is 0 Å². The van der Waals surface area contributed by atoms with Crippen molar-refractivity contribution in [2.45, 2.75) is 6.10 Å². The first-order valence-corrected chi connectivity index (χ1v) is 4.19. The number of carbonyl (C=O) groups is 1. The van der Waals surface area contributed by atoms with Crippen LogP contribution in [0.15, 0.2) is 18.2 Å². The Bertz CT molecular complexity index is 351. The lowest BCUT2D eigenvalue weighted by molar-refractivity contribution is -0.147. The highest BCUT2D eigenvalue weighted by atomic mass is 35.5. The van der Waals surface area contributed by atoms with Gasteiger partial charge < -0.3 is 14.9 Å². The van der Waals surface area contributed by atoms with Crippen LogP contribution in [0.1, 0.15) is 11.7 Å². The minimum Gasteiger partial charge on any atom is -0.495 e. The van der Waals surface area contributed by atoms with E-state index in [1.54, 1.807) is 12.1 Å². The lowest BCUT2D eigenvalue weighted by Crippen LogP contribution is -2.11. The number of aliphatic hydroxyl groups excluding tert-OH is 1. The molecule has 14 heavy (non-hydrogen) atoms. The lowest BCUT2D eigenvalue weighted by Gasteiger charge is -2.12. The predicted molar refractivity (Wildman–Crippen MR) is 50.6 cm³/mol. The van der Waals surface area contributed by atoms with Crippen LogP contribution in [-0.2, 0) is 4.79 Å². The van der Waals surface area contributed by atoms with Crippen molar-refractivity contribution in [2.24, 2.45) is 0 Å². The number of methoxy groups -OCH3 is 1. The molecular formula is C9H9ClO4. The van der Waals surface area contributed by atoms with Gasteiger partial charge in [0.05, 0.1) is 12.1 Å². The van der Waals surface area contributed by atoms with Crippen LogP contribution in [0.5, 0.6) is 5.75 Å². The molecule has 0 saturated carbocycles. The fraction of sp³-hybridized carbons (Fsp3) is 0.222. The molecule has 0 aromatic heterocycles. The Labute approximate surface area is 85.7 Å². The zero-order chi connectivity index (χ0) is 10.7. The summed E-state index contributed by atoms with van der Waals surface area (Å²) < 4.78 is 4.89. The predicted octanol–water partition coefficient (Wildman–Crippen LogP) is 1.47. The highest BCUT2D eigenvalue weighted by Gasteiger charge is 2.21. The standard InChI is InChI=1S/C9H9ClO4/c1-14-8-5(7(11)9(12)13)3-2-4-6(8)10/h2-4,7,11H,1H3,(H,12,13). The Balaban J connectivity index is 3.20. The van der Waals surface area contributed by atoms with E-state index in [0.717, 1.165) is 0 Å². The SMILES string of the molecule is COc1c(Cl)cccc1C(O)C(=O)O. The molecule has 1 aromatic carbocycles. The molecule has 0 spiro atoms. The number of aliphatic carboxylic acids is 1. The molecule has 0 heterocycles. The fourth-order valence-corrected chi connectivity index (χ4v) is 1.35. The number of aliphatic hydroxyl groups is 1. The van der Waals surface area contributed by atoms with Gasteiger partial charge in [-0.1, -0.05) is 23.7 Å². The molecule has 1 atom stereocenters. The summed E-state index contributed by atoms with van der Waals surface area (Å²) in [5.41, 5.74) is 0.146. The van der Waals surface area contributed by atoms with Gasteiger partial charge in [0.25, 0.3) is 0 Å². The van der Waals surface area contributed by atoms with Crippen LogP contribution >= 0.6 is 11.6 Å². The van der Waals surface area contributed by atoms with Crippen molar-refractivity contribution in [3.05, 3.63) is 28.8 Å². The summed E-state index contributed by atoms with van der Waals surface area (Å²) in [6.45, 7) is 0. The van der Waals surface area contributed by atoms with Gasteiger partial charge in [-0.2, -0.15) is 0 Å². The molecule has 0 aliphatic carbocycles. The summed E-state index contributed by atoms with van der Waals surface area (Å²) in [5, 5.41) is 18.2. The minimum atomic E-state index is -1.62. The largest absolute Gasteiger partial charge is 0.495 e. The number of hydrogen-bond donors (Lipinski definition) is 2. The average molecular weight is 217 g/mol. The summed E-state index contributed by atoms with van der Waals surface area (Å²) in [6.07, 6.45) is -1.62. The van der Waals surface area contributed by atoms with Crippen molar-refractivity contribution in [1.29, 1.82) is 0 Å². The molecule has 0 amide bonds. The van der Waals surface area contributed by atoms with Crippen LogP contribution in [0.2, 0.25) is 5.02 Å². The van der Waals surface area contributed by atoms with E-state index in [1.165, 1.54) is 13.2 Å². The maximum Gasteiger partial charge on any atom is 0.337 e. The van der Waals surface area contributed by atoms with Crippen molar-refractivity contribution >= 4 is 17.6 Å². The van der Waals surface area contributed by atoms with Crippen molar-refractivity contribution in [3.63, 3.8) is 0 Å². The highest BCUT2D eigenvalue weighted by Crippen LogP contribution is 2.32. The molecule has 5 heteroatoms. The van der Waals surface area contributed by atoms with Crippen molar-refractivity contribution in [3.8, 4) is 5.75 Å². The first-order valence-electron chi connectivity index (χ1n) is 3.81. The van der Waals surface area contributed by atoms with Crippen LogP contribution in [0.25, 0.3) is 0 Å². The molecule has 0 bridgehead atoms. The molecule has 2 N–H and O–H groups in total. The molecule has 0 fully saturated rings. The van der Waals surface area contributed by atoms with E-state index in [0.29, 0.717) is 0 Å². The third-order valence-electron chi connectivity index (χ3n) is 1.73. The third-order valence-corrected chi connectivity index (χ3v) is 2.03. The second kappa shape index (κ2) is 4.30. The molecule has 0 aliphatic rings. The number of benzene rings is 1. The zero-order valence-electron chi connectivity index (χ0n) is 7.40. The first-order chi connectivity index (χ1) is 6.57. The van der Waals surface area contributed by atoms with Gasteiger partial charge in [-0.25, -0.2) is 4.79 Å². The Morgan fingerprint density at radius 2 is 2.21 bits per heavy atom.